The van der Waals surface area contributed by atoms with E-state index in [1.807, 2.05) is 39.0 Å². The molecule has 1 amide bonds. The predicted molar refractivity (Wildman–Crippen MR) is 92.4 cm³/mol. The Hall–Kier alpha value is -2.21. The first-order chi connectivity index (χ1) is 11.2. The fraction of sp³-hybridized carbons (Fsp3) is 0.278. The average Bonchev–Trinajstić information content (AvgIpc) is 2.48. The van der Waals surface area contributed by atoms with Crippen molar-refractivity contribution in [2.45, 2.75) is 31.6 Å². The maximum atomic E-state index is 13.2. The van der Waals surface area contributed by atoms with Crippen LogP contribution in [0, 0.1) is 12.7 Å². The Morgan fingerprint density at radius 1 is 1.17 bits per heavy atom. The van der Waals surface area contributed by atoms with Gasteiger partial charge < -0.3 is 5.32 Å². The zero-order chi connectivity index (χ0) is 17.9. The van der Waals surface area contributed by atoms with Gasteiger partial charge in [0.15, 0.2) is 9.84 Å². The largest absolute Gasteiger partial charge is 0.325 e. The van der Waals surface area contributed by atoms with Crippen LogP contribution in [0.4, 0.5) is 10.1 Å². The van der Waals surface area contributed by atoms with Crippen LogP contribution < -0.4 is 5.32 Å². The summed E-state index contributed by atoms with van der Waals surface area (Å²) in [7, 11) is -3.90. The molecule has 0 aliphatic carbocycles. The molecule has 0 heterocycles. The highest BCUT2D eigenvalue weighted by Crippen LogP contribution is 2.27. The van der Waals surface area contributed by atoms with Gasteiger partial charge in [0, 0.05) is 5.69 Å². The first-order valence-corrected chi connectivity index (χ1v) is 9.23. The van der Waals surface area contributed by atoms with Crippen molar-refractivity contribution in [3.05, 3.63) is 59.4 Å². The Morgan fingerprint density at radius 3 is 2.46 bits per heavy atom. The van der Waals surface area contributed by atoms with Crippen molar-refractivity contribution in [3.63, 3.8) is 0 Å². The molecule has 0 spiro atoms. The number of nitrogens with one attached hydrogen (secondary N) is 1. The molecule has 2 aromatic rings. The number of rotatable bonds is 5. The number of carbonyl (C=O) groups is 1. The normalized spacial score (nSPS) is 11.5. The van der Waals surface area contributed by atoms with Gasteiger partial charge in [-0.05, 0) is 42.2 Å². The summed E-state index contributed by atoms with van der Waals surface area (Å²) in [6.07, 6.45) is 0. The highest BCUT2D eigenvalue weighted by Gasteiger charge is 2.21. The molecule has 0 radical (unpaired) electrons. The van der Waals surface area contributed by atoms with E-state index in [0.29, 0.717) is 5.69 Å². The lowest BCUT2D eigenvalue weighted by atomic mass is 9.98. The van der Waals surface area contributed by atoms with Gasteiger partial charge >= 0.3 is 0 Å². The van der Waals surface area contributed by atoms with Crippen molar-refractivity contribution in [1.29, 1.82) is 0 Å². The first kappa shape index (κ1) is 18.1. The molecule has 2 rings (SSSR count). The average molecular weight is 349 g/mol. The summed E-state index contributed by atoms with van der Waals surface area (Å²) < 4.78 is 37.7. The second-order valence-corrected chi connectivity index (χ2v) is 7.95. The maximum absolute atomic E-state index is 13.2. The van der Waals surface area contributed by atoms with E-state index in [1.165, 1.54) is 12.1 Å². The number of anilines is 1. The summed E-state index contributed by atoms with van der Waals surface area (Å²) in [5.41, 5.74) is 2.43. The highest BCUT2D eigenvalue weighted by molar-refractivity contribution is 7.92. The molecule has 0 fully saturated rings. The fourth-order valence-corrected chi connectivity index (χ4v) is 3.60. The van der Waals surface area contributed by atoms with E-state index in [4.69, 9.17) is 0 Å². The van der Waals surface area contributed by atoms with Crippen molar-refractivity contribution >= 4 is 21.4 Å². The lowest BCUT2D eigenvalue weighted by molar-refractivity contribution is -0.113. The maximum Gasteiger partial charge on any atom is 0.239 e. The topological polar surface area (TPSA) is 63.2 Å². The van der Waals surface area contributed by atoms with E-state index in [9.17, 15) is 17.6 Å². The summed E-state index contributed by atoms with van der Waals surface area (Å²) in [6, 6.07) is 10.3. The summed E-state index contributed by atoms with van der Waals surface area (Å²) in [5, 5.41) is 2.69. The Kier molecular flexibility index (Phi) is 5.39. The fourth-order valence-electron chi connectivity index (χ4n) is 2.43. The Labute approximate surface area is 141 Å². The number of hydrogen-bond donors (Lipinski definition) is 1. The number of hydrogen-bond acceptors (Lipinski definition) is 3. The van der Waals surface area contributed by atoms with Gasteiger partial charge in [-0.15, -0.1) is 0 Å². The third-order valence-electron chi connectivity index (χ3n) is 3.67. The van der Waals surface area contributed by atoms with Crippen molar-refractivity contribution in [2.75, 3.05) is 11.1 Å². The van der Waals surface area contributed by atoms with E-state index in [0.717, 1.165) is 23.3 Å². The molecule has 0 aliphatic rings. The molecule has 0 aromatic heterocycles. The molecule has 0 aliphatic heterocycles. The van der Waals surface area contributed by atoms with Crippen LogP contribution in [0.3, 0.4) is 0 Å². The number of benzene rings is 2. The smallest absolute Gasteiger partial charge is 0.239 e. The van der Waals surface area contributed by atoms with Crippen LogP contribution in [0.2, 0.25) is 0 Å². The molecule has 4 nitrogen and oxygen atoms in total. The lowest BCUT2D eigenvalue weighted by Crippen LogP contribution is -2.24. The number of para-hydroxylation sites is 1. The van der Waals surface area contributed by atoms with Crippen LogP contribution in [0.25, 0.3) is 0 Å². The summed E-state index contributed by atoms with van der Waals surface area (Å²) in [5.74, 6) is -1.85. The second-order valence-electron chi connectivity index (χ2n) is 5.96. The van der Waals surface area contributed by atoms with E-state index in [2.05, 4.69) is 5.32 Å². The number of aryl methyl sites for hydroxylation is 1. The second kappa shape index (κ2) is 7.13. The van der Waals surface area contributed by atoms with Crippen LogP contribution in [-0.2, 0) is 14.6 Å². The molecule has 0 unspecified atom stereocenters. The van der Waals surface area contributed by atoms with E-state index in [1.54, 1.807) is 0 Å². The quantitative estimate of drug-likeness (QED) is 0.896. The molecule has 0 saturated carbocycles. The van der Waals surface area contributed by atoms with E-state index in [-0.39, 0.29) is 10.8 Å². The van der Waals surface area contributed by atoms with Gasteiger partial charge in [-0.3, -0.25) is 4.79 Å². The van der Waals surface area contributed by atoms with Gasteiger partial charge in [-0.25, -0.2) is 12.8 Å². The molecule has 0 bridgehead atoms. The van der Waals surface area contributed by atoms with Crippen molar-refractivity contribution < 1.29 is 17.6 Å². The molecule has 6 heteroatoms. The first-order valence-electron chi connectivity index (χ1n) is 7.58. The summed E-state index contributed by atoms with van der Waals surface area (Å²) in [4.78, 5) is 12.0. The van der Waals surface area contributed by atoms with Crippen molar-refractivity contribution in [3.8, 4) is 0 Å². The van der Waals surface area contributed by atoms with Crippen molar-refractivity contribution in [1.82, 2.24) is 0 Å². The predicted octanol–water partition coefficient (Wildman–Crippen LogP) is 3.67. The third kappa shape index (κ3) is 4.20. The Balaban J connectivity index is 2.23. The third-order valence-corrected chi connectivity index (χ3v) is 5.28. The molecule has 2 aromatic carbocycles. The molecule has 0 saturated heterocycles. The monoisotopic (exact) mass is 349 g/mol. The minimum absolute atomic E-state index is 0.181. The minimum atomic E-state index is -3.90. The molecular formula is C18H20FNO3S. The van der Waals surface area contributed by atoms with E-state index >= 15 is 0 Å². The van der Waals surface area contributed by atoms with Crippen LogP contribution in [0.5, 0.6) is 0 Å². The van der Waals surface area contributed by atoms with E-state index < -0.39 is 27.3 Å². The van der Waals surface area contributed by atoms with Gasteiger partial charge in [0.1, 0.15) is 11.6 Å². The van der Waals surface area contributed by atoms with Crippen LogP contribution >= 0.6 is 0 Å². The van der Waals surface area contributed by atoms with Gasteiger partial charge in [-0.2, -0.15) is 0 Å². The molecule has 0 atom stereocenters. The zero-order valence-electron chi connectivity index (χ0n) is 13.8. The number of amides is 1. The number of carbonyl (C=O) groups excluding carboxylic acids is 1. The van der Waals surface area contributed by atoms with Crippen LogP contribution in [0.1, 0.15) is 30.9 Å². The zero-order valence-corrected chi connectivity index (χ0v) is 14.7. The molecular weight excluding hydrogens is 329 g/mol. The Bertz CT molecular complexity index is 860. The van der Waals surface area contributed by atoms with Crippen LogP contribution in [0.15, 0.2) is 47.4 Å². The Morgan fingerprint density at radius 2 is 1.83 bits per heavy atom. The number of halogens is 1. The summed E-state index contributed by atoms with van der Waals surface area (Å²) >= 11 is 0. The van der Waals surface area contributed by atoms with Gasteiger partial charge in [-0.1, -0.05) is 38.1 Å². The van der Waals surface area contributed by atoms with Gasteiger partial charge in [0.05, 0.1) is 4.90 Å². The lowest BCUT2D eigenvalue weighted by Gasteiger charge is -2.16. The SMILES string of the molecule is Cc1cccc(C(C)C)c1NC(=O)CS(=O)(=O)c1cccc(F)c1. The van der Waals surface area contributed by atoms with Crippen LogP contribution in [-0.4, -0.2) is 20.1 Å². The number of sulfone groups is 1. The molecule has 24 heavy (non-hydrogen) atoms. The standard InChI is InChI=1S/C18H20FNO3S/c1-12(2)16-9-4-6-13(3)18(16)20-17(21)11-24(22,23)15-8-5-7-14(19)10-15/h4-10,12H,11H2,1-3H3,(H,20,21). The molecule has 1 N–H and O–H groups in total. The van der Waals surface area contributed by atoms with Crippen molar-refractivity contribution in [2.24, 2.45) is 0 Å². The minimum Gasteiger partial charge on any atom is -0.325 e. The summed E-state index contributed by atoms with van der Waals surface area (Å²) in [6.45, 7) is 5.84. The van der Waals surface area contributed by atoms with Gasteiger partial charge in [0.2, 0.25) is 5.91 Å². The highest BCUT2D eigenvalue weighted by atomic mass is 32.2. The molecule has 128 valence electrons. The van der Waals surface area contributed by atoms with Gasteiger partial charge in [0.25, 0.3) is 0 Å².